The van der Waals surface area contributed by atoms with Crippen LogP contribution in [0, 0.1) is 0 Å². The van der Waals surface area contributed by atoms with Crippen molar-refractivity contribution in [3.8, 4) is 0 Å². The number of fused-ring (bicyclic) bond motifs is 1. The zero-order chi connectivity index (χ0) is 21.8. The molecular weight excluding hydrogens is 396 g/mol. The van der Waals surface area contributed by atoms with Crippen LogP contribution in [0.1, 0.15) is 54.9 Å². The molecule has 7 heteroatoms. The Kier molecular flexibility index (Phi) is 5.95. The topological polar surface area (TPSA) is 88.8 Å². The first-order valence-electron chi connectivity index (χ1n) is 10.0. The fraction of sp³-hybridized carbons (Fsp3) is 0.208. The molecular formula is C24H22N2O5. The maximum atomic E-state index is 12.8. The number of carbonyl (C=O) groups is 3. The molecule has 7 nitrogen and oxygen atoms in total. The maximum Gasteiger partial charge on any atom is 0.261 e. The van der Waals surface area contributed by atoms with E-state index in [0.717, 1.165) is 16.0 Å². The molecule has 0 bridgehead atoms. The van der Waals surface area contributed by atoms with E-state index in [1.54, 1.807) is 18.2 Å². The molecule has 0 saturated carbocycles. The highest BCUT2D eigenvalue weighted by Crippen LogP contribution is 2.26. The van der Waals surface area contributed by atoms with Gasteiger partial charge < -0.3 is 14.5 Å². The lowest BCUT2D eigenvalue weighted by Crippen LogP contribution is -2.28. The van der Waals surface area contributed by atoms with E-state index >= 15 is 0 Å². The molecule has 1 aliphatic heterocycles. The van der Waals surface area contributed by atoms with Crippen molar-refractivity contribution in [1.82, 2.24) is 10.2 Å². The molecule has 0 unspecified atom stereocenters. The molecule has 3 aromatic rings. The summed E-state index contributed by atoms with van der Waals surface area (Å²) in [6.07, 6.45) is 1.49. The highest BCUT2D eigenvalue weighted by atomic mass is 16.5. The molecule has 2 aromatic carbocycles. The molecule has 0 aliphatic carbocycles. The van der Waals surface area contributed by atoms with Crippen LogP contribution in [-0.4, -0.2) is 29.2 Å². The number of hydrogen-bond acceptors (Lipinski definition) is 5. The number of imide groups is 1. The number of furan rings is 1. The van der Waals surface area contributed by atoms with Gasteiger partial charge in [0.05, 0.1) is 30.5 Å². The summed E-state index contributed by atoms with van der Waals surface area (Å²) in [6.45, 7) is 3.40. The molecule has 2 heterocycles. The lowest BCUT2D eigenvalue weighted by atomic mass is 10.0. The molecule has 0 saturated heterocycles. The van der Waals surface area contributed by atoms with Crippen molar-refractivity contribution >= 4 is 17.7 Å². The van der Waals surface area contributed by atoms with Crippen LogP contribution in [0.15, 0.2) is 65.3 Å². The zero-order valence-corrected chi connectivity index (χ0v) is 17.1. The van der Waals surface area contributed by atoms with E-state index < -0.39 is 11.8 Å². The first-order valence-corrected chi connectivity index (χ1v) is 10.0. The molecule has 0 spiro atoms. The Labute approximate surface area is 179 Å². The van der Waals surface area contributed by atoms with Crippen molar-refractivity contribution in [2.45, 2.75) is 26.6 Å². The van der Waals surface area contributed by atoms with E-state index in [-0.39, 0.29) is 23.6 Å². The summed E-state index contributed by atoms with van der Waals surface area (Å²) in [4.78, 5) is 39.2. The van der Waals surface area contributed by atoms with Crippen LogP contribution in [0.5, 0.6) is 0 Å². The van der Waals surface area contributed by atoms with Gasteiger partial charge in [0.2, 0.25) is 0 Å². The van der Waals surface area contributed by atoms with Gasteiger partial charge in [-0.2, -0.15) is 0 Å². The summed E-state index contributed by atoms with van der Waals surface area (Å²) < 4.78 is 10.7. The van der Waals surface area contributed by atoms with E-state index in [1.165, 1.54) is 18.4 Å². The molecule has 0 radical (unpaired) electrons. The average Bonchev–Trinajstić information content (AvgIpc) is 3.39. The van der Waals surface area contributed by atoms with Crippen LogP contribution in [0.4, 0.5) is 0 Å². The third-order valence-corrected chi connectivity index (χ3v) is 5.15. The van der Waals surface area contributed by atoms with Crippen molar-refractivity contribution in [2.75, 3.05) is 6.61 Å². The smallest absolute Gasteiger partial charge is 0.261 e. The van der Waals surface area contributed by atoms with Gasteiger partial charge in [0.25, 0.3) is 17.7 Å². The van der Waals surface area contributed by atoms with E-state index in [2.05, 4.69) is 5.32 Å². The van der Waals surface area contributed by atoms with Crippen molar-refractivity contribution in [3.63, 3.8) is 0 Å². The van der Waals surface area contributed by atoms with Gasteiger partial charge >= 0.3 is 0 Å². The first kappa shape index (κ1) is 20.6. The minimum atomic E-state index is -0.437. The van der Waals surface area contributed by atoms with E-state index in [1.807, 2.05) is 31.2 Å². The Morgan fingerprint density at radius 1 is 1.00 bits per heavy atom. The van der Waals surface area contributed by atoms with Gasteiger partial charge in [-0.15, -0.1) is 0 Å². The second-order valence-electron chi connectivity index (χ2n) is 7.12. The standard InChI is InChI=1S/C24H22N2O5/c1-2-30-15-18-7-4-3-6-17(18)13-25-22(27)16-9-10-20-21(12-16)24(29)26(23(20)28)14-19-8-5-11-31-19/h3-12H,2,13-15H2,1H3,(H,25,27). The molecule has 1 N–H and O–H groups in total. The molecule has 1 aromatic heterocycles. The minimum Gasteiger partial charge on any atom is -0.467 e. The Hall–Kier alpha value is -3.71. The Morgan fingerprint density at radius 2 is 1.77 bits per heavy atom. The number of carbonyl (C=O) groups excluding carboxylic acids is 3. The second kappa shape index (κ2) is 8.97. The number of amides is 3. The molecule has 0 atom stereocenters. The SMILES string of the molecule is CCOCc1ccccc1CNC(=O)c1ccc2c(c1)C(=O)N(Cc1ccco1)C2=O. The maximum absolute atomic E-state index is 12.8. The predicted molar refractivity (Wildman–Crippen MR) is 112 cm³/mol. The molecule has 1 aliphatic rings. The van der Waals surface area contributed by atoms with Crippen LogP contribution < -0.4 is 5.32 Å². The van der Waals surface area contributed by atoms with Crippen LogP contribution >= 0.6 is 0 Å². The monoisotopic (exact) mass is 418 g/mol. The molecule has 158 valence electrons. The summed E-state index contributed by atoms with van der Waals surface area (Å²) in [7, 11) is 0. The first-order chi connectivity index (χ1) is 15.1. The normalized spacial score (nSPS) is 12.9. The number of benzene rings is 2. The second-order valence-corrected chi connectivity index (χ2v) is 7.12. The van der Waals surface area contributed by atoms with Gasteiger partial charge in [0, 0.05) is 18.7 Å². The Bertz CT molecular complexity index is 1120. The van der Waals surface area contributed by atoms with Gasteiger partial charge in [-0.25, -0.2) is 0 Å². The number of nitrogens with one attached hydrogen (secondary N) is 1. The quantitative estimate of drug-likeness (QED) is 0.565. The Balaban J connectivity index is 1.47. The van der Waals surface area contributed by atoms with Gasteiger partial charge in [-0.1, -0.05) is 24.3 Å². The minimum absolute atomic E-state index is 0.0531. The summed E-state index contributed by atoms with van der Waals surface area (Å²) in [5.74, 6) is -0.641. The predicted octanol–water partition coefficient (Wildman–Crippen LogP) is 3.54. The summed E-state index contributed by atoms with van der Waals surface area (Å²) in [5, 5.41) is 2.88. The number of hydrogen-bond donors (Lipinski definition) is 1. The van der Waals surface area contributed by atoms with E-state index in [4.69, 9.17) is 9.15 Å². The number of rotatable bonds is 8. The van der Waals surface area contributed by atoms with Gasteiger partial charge in [0.15, 0.2) is 0 Å². The van der Waals surface area contributed by atoms with E-state index in [0.29, 0.717) is 31.1 Å². The molecule has 0 fully saturated rings. The average molecular weight is 418 g/mol. The molecule has 3 amide bonds. The third-order valence-electron chi connectivity index (χ3n) is 5.15. The fourth-order valence-electron chi connectivity index (χ4n) is 3.49. The van der Waals surface area contributed by atoms with Crippen LogP contribution in [-0.2, 0) is 24.4 Å². The van der Waals surface area contributed by atoms with Crippen molar-refractivity contribution in [3.05, 3.63) is 94.4 Å². The fourth-order valence-corrected chi connectivity index (χ4v) is 3.49. The summed E-state index contributed by atoms with van der Waals surface area (Å²) in [6, 6.07) is 15.7. The lowest BCUT2D eigenvalue weighted by Gasteiger charge is -2.11. The van der Waals surface area contributed by atoms with Gasteiger partial charge in [-0.3, -0.25) is 19.3 Å². The van der Waals surface area contributed by atoms with Crippen molar-refractivity contribution in [1.29, 1.82) is 0 Å². The van der Waals surface area contributed by atoms with Crippen molar-refractivity contribution < 1.29 is 23.5 Å². The summed E-state index contributed by atoms with van der Waals surface area (Å²) in [5.41, 5.74) is 2.80. The van der Waals surface area contributed by atoms with Crippen LogP contribution in [0.25, 0.3) is 0 Å². The number of nitrogens with zero attached hydrogens (tertiary/aromatic N) is 1. The van der Waals surface area contributed by atoms with Gasteiger partial charge in [0.1, 0.15) is 5.76 Å². The largest absolute Gasteiger partial charge is 0.467 e. The summed E-state index contributed by atoms with van der Waals surface area (Å²) >= 11 is 0. The third kappa shape index (κ3) is 4.27. The zero-order valence-electron chi connectivity index (χ0n) is 17.1. The number of ether oxygens (including phenoxy) is 1. The molecule has 4 rings (SSSR count). The van der Waals surface area contributed by atoms with Crippen LogP contribution in [0.2, 0.25) is 0 Å². The lowest BCUT2D eigenvalue weighted by molar-refractivity contribution is 0.0631. The Morgan fingerprint density at radius 3 is 2.52 bits per heavy atom. The highest BCUT2D eigenvalue weighted by Gasteiger charge is 2.36. The van der Waals surface area contributed by atoms with E-state index in [9.17, 15) is 14.4 Å². The van der Waals surface area contributed by atoms with Crippen molar-refractivity contribution in [2.24, 2.45) is 0 Å². The van der Waals surface area contributed by atoms with Gasteiger partial charge in [-0.05, 0) is 48.4 Å². The highest BCUT2D eigenvalue weighted by molar-refractivity contribution is 6.22. The molecule has 31 heavy (non-hydrogen) atoms. The van der Waals surface area contributed by atoms with Crippen LogP contribution in [0.3, 0.4) is 0 Å².